The zero-order valence-corrected chi connectivity index (χ0v) is 19.8. The van der Waals surface area contributed by atoms with E-state index in [2.05, 4.69) is 21.5 Å². The van der Waals surface area contributed by atoms with Crippen molar-refractivity contribution in [2.45, 2.75) is 0 Å². The van der Waals surface area contributed by atoms with Gasteiger partial charge in [-0.05, 0) is 12.1 Å². The van der Waals surface area contributed by atoms with Gasteiger partial charge >= 0.3 is 0 Å². The Balaban J connectivity index is 1.89. The molecule has 4 aromatic rings. The van der Waals surface area contributed by atoms with Crippen molar-refractivity contribution in [1.82, 2.24) is 14.6 Å². The van der Waals surface area contributed by atoms with E-state index in [9.17, 15) is 10.1 Å². The van der Waals surface area contributed by atoms with Crippen LogP contribution in [0.1, 0.15) is 16.1 Å². The fourth-order valence-corrected chi connectivity index (χ4v) is 3.70. The van der Waals surface area contributed by atoms with Crippen LogP contribution in [0.3, 0.4) is 0 Å². The monoisotopic (exact) mass is 477 g/mol. The number of hydrogen-bond donors (Lipinski definition) is 2. The standard InChI is InChI=1S/C24H23N5O6/c1-31-16-8-15(9-17(10-16)32-2)27-24(30)21-20(28-23-14(11-25)12-26-29(21)23)13-6-18(33-3)22(35-5)19(7-13)34-4/h6-10,12,26H,1-5H3,(H,27,30). The van der Waals surface area contributed by atoms with Gasteiger partial charge in [0.05, 0.1) is 35.5 Å². The molecule has 0 atom stereocenters. The summed E-state index contributed by atoms with van der Waals surface area (Å²) in [6, 6.07) is 10.4. The molecule has 35 heavy (non-hydrogen) atoms. The second kappa shape index (κ2) is 9.56. The van der Waals surface area contributed by atoms with Crippen molar-refractivity contribution in [2.75, 3.05) is 40.9 Å². The number of rotatable bonds is 8. The molecule has 0 radical (unpaired) electrons. The molecule has 0 spiro atoms. The van der Waals surface area contributed by atoms with Crippen LogP contribution in [0, 0.1) is 11.3 Å². The number of anilines is 1. The number of nitrogens with one attached hydrogen (secondary N) is 2. The van der Waals surface area contributed by atoms with Crippen LogP contribution < -0.4 is 29.0 Å². The molecule has 0 saturated heterocycles. The number of ether oxygens (including phenoxy) is 5. The van der Waals surface area contributed by atoms with Crippen molar-refractivity contribution >= 4 is 17.2 Å². The second-order valence-electron chi connectivity index (χ2n) is 7.24. The number of fused-ring (bicyclic) bond motifs is 1. The molecule has 11 nitrogen and oxygen atoms in total. The Bertz CT molecular complexity index is 1400. The third-order valence-electron chi connectivity index (χ3n) is 5.34. The molecule has 0 saturated carbocycles. The van der Waals surface area contributed by atoms with E-state index in [1.807, 2.05) is 0 Å². The Hall–Kier alpha value is -4.85. The molecule has 0 fully saturated rings. The average Bonchev–Trinajstić information content (AvgIpc) is 3.46. The Morgan fingerprint density at radius 3 is 2.09 bits per heavy atom. The summed E-state index contributed by atoms with van der Waals surface area (Å²) in [7, 11) is 7.53. The first-order chi connectivity index (χ1) is 17.0. The third-order valence-corrected chi connectivity index (χ3v) is 5.34. The van der Waals surface area contributed by atoms with Crippen LogP contribution in [0.4, 0.5) is 5.69 Å². The van der Waals surface area contributed by atoms with Crippen molar-refractivity contribution < 1.29 is 28.5 Å². The van der Waals surface area contributed by atoms with E-state index in [0.717, 1.165) is 0 Å². The number of carbonyl (C=O) groups excluding carboxylic acids is 1. The SMILES string of the molecule is COc1cc(NC(=O)c2c(-c3cc(OC)c(OC)c(OC)c3)nc3c(C#N)c[nH]n23)cc(OC)c1. The van der Waals surface area contributed by atoms with Gasteiger partial charge in [-0.25, -0.2) is 9.50 Å². The summed E-state index contributed by atoms with van der Waals surface area (Å²) in [5.41, 5.74) is 2.01. The summed E-state index contributed by atoms with van der Waals surface area (Å²) < 4.78 is 28.4. The van der Waals surface area contributed by atoms with Gasteiger partial charge in [0.2, 0.25) is 5.75 Å². The summed E-state index contributed by atoms with van der Waals surface area (Å²) >= 11 is 0. The van der Waals surface area contributed by atoms with E-state index in [-0.39, 0.29) is 11.3 Å². The van der Waals surface area contributed by atoms with E-state index in [4.69, 9.17) is 23.7 Å². The van der Waals surface area contributed by atoms with Crippen molar-refractivity contribution in [3.8, 4) is 46.1 Å². The number of nitriles is 1. The lowest BCUT2D eigenvalue weighted by atomic mass is 10.1. The quantitative estimate of drug-likeness (QED) is 0.394. The van der Waals surface area contributed by atoms with Crippen molar-refractivity contribution in [3.63, 3.8) is 0 Å². The van der Waals surface area contributed by atoms with Crippen LogP contribution in [-0.2, 0) is 0 Å². The van der Waals surface area contributed by atoms with Gasteiger partial charge in [-0.2, -0.15) is 5.26 Å². The second-order valence-corrected chi connectivity index (χ2v) is 7.24. The molecule has 2 heterocycles. The molecule has 0 aliphatic rings. The first-order valence-electron chi connectivity index (χ1n) is 10.3. The highest BCUT2D eigenvalue weighted by molar-refractivity contribution is 6.08. The molecule has 0 bridgehead atoms. The molecule has 180 valence electrons. The molecule has 2 aromatic heterocycles. The first-order valence-corrected chi connectivity index (χ1v) is 10.3. The predicted octanol–water partition coefficient (Wildman–Crippen LogP) is 3.50. The number of methoxy groups -OCH3 is 5. The summed E-state index contributed by atoms with van der Waals surface area (Å²) in [6.45, 7) is 0. The van der Waals surface area contributed by atoms with E-state index in [1.54, 1.807) is 30.3 Å². The van der Waals surface area contributed by atoms with Crippen LogP contribution in [0.25, 0.3) is 16.9 Å². The normalized spacial score (nSPS) is 10.5. The largest absolute Gasteiger partial charge is 0.497 e. The topological polar surface area (TPSA) is 132 Å². The number of aromatic nitrogens is 3. The van der Waals surface area contributed by atoms with E-state index in [0.29, 0.717) is 51.3 Å². The predicted molar refractivity (Wildman–Crippen MR) is 127 cm³/mol. The first kappa shape index (κ1) is 23.3. The van der Waals surface area contributed by atoms with Crippen molar-refractivity contribution in [1.29, 1.82) is 5.26 Å². The number of benzene rings is 2. The van der Waals surface area contributed by atoms with Gasteiger partial charge in [0.1, 0.15) is 28.8 Å². The number of amides is 1. The maximum atomic E-state index is 13.6. The minimum Gasteiger partial charge on any atom is -0.497 e. The highest BCUT2D eigenvalue weighted by Gasteiger charge is 2.26. The number of imidazole rings is 1. The number of carbonyl (C=O) groups is 1. The van der Waals surface area contributed by atoms with E-state index < -0.39 is 5.91 Å². The third kappa shape index (κ3) is 4.13. The highest BCUT2D eigenvalue weighted by Crippen LogP contribution is 2.42. The molecule has 0 unspecified atom stereocenters. The summed E-state index contributed by atoms with van der Waals surface area (Å²) in [5.74, 6) is 1.72. The molecular weight excluding hydrogens is 454 g/mol. The van der Waals surface area contributed by atoms with Gasteiger partial charge in [-0.3, -0.25) is 9.89 Å². The Kier molecular flexibility index (Phi) is 6.37. The van der Waals surface area contributed by atoms with Crippen LogP contribution in [0.15, 0.2) is 36.5 Å². The number of aromatic amines is 1. The zero-order chi connectivity index (χ0) is 25.1. The molecule has 2 aromatic carbocycles. The van der Waals surface area contributed by atoms with Gasteiger partial charge in [0, 0.05) is 35.6 Å². The summed E-state index contributed by atoms with van der Waals surface area (Å²) in [4.78, 5) is 18.2. The molecule has 2 N–H and O–H groups in total. The molecule has 1 amide bonds. The number of nitrogens with zero attached hydrogens (tertiary/aromatic N) is 3. The highest BCUT2D eigenvalue weighted by atomic mass is 16.5. The lowest BCUT2D eigenvalue weighted by Gasteiger charge is -2.14. The van der Waals surface area contributed by atoms with Crippen LogP contribution in [0.5, 0.6) is 28.7 Å². The molecule has 0 aliphatic carbocycles. The Morgan fingerprint density at radius 2 is 1.57 bits per heavy atom. The maximum Gasteiger partial charge on any atom is 0.276 e. The Labute approximate surface area is 200 Å². The minimum absolute atomic E-state index is 0.164. The van der Waals surface area contributed by atoms with Crippen molar-refractivity contribution in [2.24, 2.45) is 0 Å². The van der Waals surface area contributed by atoms with Gasteiger partial charge < -0.3 is 29.0 Å². The van der Waals surface area contributed by atoms with E-state index >= 15 is 0 Å². The smallest absolute Gasteiger partial charge is 0.276 e. The van der Waals surface area contributed by atoms with Crippen LogP contribution in [-0.4, -0.2) is 56.1 Å². The fraction of sp³-hybridized carbons (Fsp3) is 0.208. The van der Waals surface area contributed by atoms with E-state index in [1.165, 1.54) is 46.3 Å². The van der Waals surface area contributed by atoms with Gasteiger partial charge in [-0.15, -0.1) is 0 Å². The molecule has 4 rings (SSSR count). The van der Waals surface area contributed by atoms with Crippen molar-refractivity contribution in [3.05, 3.63) is 47.8 Å². The summed E-state index contributed by atoms with van der Waals surface area (Å²) in [6.07, 6.45) is 1.48. The van der Waals surface area contributed by atoms with Gasteiger partial charge in [0.15, 0.2) is 22.8 Å². The summed E-state index contributed by atoms with van der Waals surface area (Å²) in [5, 5.41) is 15.3. The lowest BCUT2D eigenvalue weighted by molar-refractivity contribution is 0.102. The minimum atomic E-state index is -0.483. The van der Waals surface area contributed by atoms with Gasteiger partial charge in [-0.1, -0.05) is 0 Å². The fourth-order valence-electron chi connectivity index (χ4n) is 3.70. The van der Waals surface area contributed by atoms with Crippen LogP contribution >= 0.6 is 0 Å². The lowest BCUT2D eigenvalue weighted by Crippen LogP contribution is -2.16. The van der Waals surface area contributed by atoms with Crippen LogP contribution in [0.2, 0.25) is 0 Å². The zero-order valence-electron chi connectivity index (χ0n) is 19.8. The average molecular weight is 477 g/mol. The number of hydrogen-bond acceptors (Lipinski definition) is 8. The maximum absolute atomic E-state index is 13.6. The molecule has 11 heteroatoms. The number of H-pyrrole nitrogens is 1. The molecular formula is C24H23N5O6. The van der Waals surface area contributed by atoms with Gasteiger partial charge in [0.25, 0.3) is 5.91 Å². The molecule has 0 aliphatic heterocycles. The Morgan fingerprint density at radius 1 is 0.943 bits per heavy atom.